The van der Waals surface area contributed by atoms with Gasteiger partial charge in [0.2, 0.25) is 5.91 Å². The van der Waals surface area contributed by atoms with E-state index in [1.807, 2.05) is 60.7 Å². The molecule has 0 radical (unpaired) electrons. The molecule has 2 aromatic carbocycles. The Kier molecular flexibility index (Phi) is 5.17. The fraction of sp³-hybridized carbons (Fsp3) is 0.409. The standard InChI is InChI=1S/C22H28N2O2/c1-21(2,24-15-19(25)16-24)13-14-22(20(23)26,17-9-5-3-6-10-17)18-11-7-4-8-12-18/h3-12,19,25H,13-16H2,1-2H3,(H2,23,26). The van der Waals surface area contributed by atoms with Gasteiger partial charge in [0.05, 0.1) is 11.5 Å². The SMILES string of the molecule is CC(C)(CCC(C(N)=O)(c1ccccc1)c1ccccc1)N1CC(O)C1. The monoisotopic (exact) mass is 352 g/mol. The van der Waals surface area contributed by atoms with Gasteiger partial charge in [-0.25, -0.2) is 0 Å². The van der Waals surface area contributed by atoms with E-state index < -0.39 is 5.41 Å². The van der Waals surface area contributed by atoms with E-state index in [9.17, 15) is 9.90 Å². The highest BCUT2D eigenvalue weighted by Crippen LogP contribution is 2.40. The van der Waals surface area contributed by atoms with Gasteiger partial charge in [-0.3, -0.25) is 9.69 Å². The average molecular weight is 352 g/mol. The molecule has 1 saturated heterocycles. The minimum Gasteiger partial charge on any atom is -0.390 e. The predicted octanol–water partition coefficient (Wildman–Crippen LogP) is 2.69. The molecule has 0 unspecified atom stereocenters. The number of benzene rings is 2. The van der Waals surface area contributed by atoms with Crippen LogP contribution < -0.4 is 5.73 Å². The van der Waals surface area contributed by atoms with Crippen molar-refractivity contribution >= 4 is 5.91 Å². The third-order valence-electron chi connectivity index (χ3n) is 5.78. The lowest BCUT2D eigenvalue weighted by Gasteiger charge is -2.48. The van der Waals surface area contributed by atoms with Gasteiger partial charge in [0, 0.05) is 18.6 Å². The van der Waals surface area contributed by atoms with Crippen LogP contribution in [0, 0.1) is 0 Å². The first-order valence-corrected chi connectivity index (χ1v) is 9.20. The van der Waals surface area contributed by atoms with Crippen molar-refractivity contribution in [3.05, 3.63) is 71.8 Å². The highest BCUT2D eigenvalue weighted by Gasteiger charge is 2.43. The molecule has 0 spiro atoms. The summed E-state index contributed by atoms with van der Waals surface area (Å²) in [4.78, 5) is 15.1. The van der Waals surface area contributed by atoms with E-state index in [4.69, 9.17) is 5.73 Å². The topological polar surface area (TPSA) is 66.6 Å². The third kappa shape index (κ3) is 3.39. The number of hydrogen-bond acceptors (Lipinski definition) is 3. The molecule has 1 heterocycles. The molecule has 0 atom stereocenters. The Hall–Kier alpha value is -2.17. The number of aliphatic hydroxyl groups is 1. The molecule has 4 nitrogen and oxygen atoms in total. The van der Waals surface area contributed by atoms with E-state index in [-0.39, 0.29) is 17.6 Å². The lowest BCUT2D eigenvalue weighted by molar-refractivity contribution is -0.123. The number of aliphatic hydroxyl groups excluding tert-OH is 1. The van der Waals surface area contributed by atoms with Crippen molar-refractivity contribution in [3.8, 4) is 0 Å². The van der Waals surface area contributed by atoms with Crippen molar-refractivity contribution < 1.29 is 9.90 Å². The second-order valence-corrected chi connectivity index (χ2v) is 7.87. The molecule has 1 amide bonds. The van der Waals surface area contributed by atoms with E-state index in [0.29, 0.717) is 19.5 Å². The molecule has 1 aliphatic rings. The van der Waals surface area contributed by atoms with Crippen LogP contribution in [0.1, 0.15) is 37.8 Å². The zero-order valence-corrected chi connectivity index (χ0v) is 15.6. The first-order valence-electron chi connectivity index (χ1n) is 9.20. The minimum absolute atomic E-state index is 0.108. The van der Waals surface area contributed by atoms with Gasteiger partial charge in [-0.2, -0.15) is 0 Å². The van der Waals surface area contributed by atoms with E-state index in [0.717, 1.165) is 17.5 Å². The maximum atomic E-state index is 12.8. The zero-order chi connectivity index (χ0) is 18.8. The van der Waals surface area contributed by atoms with Crippen molar-refractivity contribution in [2.45, 2.75) is 43.7 Å². The summed E-state index contributed by atoms with van der Waals surface area (Å²) < 4.78 is 0. The lowest BCUT2D eigenvalue weighted by atomic mass is 9.69. The summed E-state index contributed by atoms with van der Waals surface area (Å²) in [5, 5.41) is 9.64. The number of likely N-dealkylation sites (tertiary alicyclic amines) is 1. The smallest absolute Gasteiger partial charge is 0.232 e. The number of nitrogens with two attached hydrogens (primary N) is 1. The van der Waals surface area contributed by atoms with Gasteiger partial charge in [0.25, 0.3) is 0 Å². The average Bonchev–Trinajstić information content (AvgIpc) is 2.61. The van der Waals surface area contributed by atoms with Crippen LogP contribution in [0.4, 0.5) is 0 Å². The predicted molar refractivity (Wildman–Crippen MR) is 104 cm³/mol. The van der Waals surface area contributed by atoms with Gasteiger partial charge in [-0.1, -0.05) is 60.7 Å². The van der Waals surface area contributed by atoms with E-state index in [1.54, 1.807) is 0 Å². The van der Waals surface area contributed by atoms with Crippen molar-refractivity contribution in [1.29, 1.82) is 0 Å². The molecule has 3 N–H and O–H groups in total. The van der Waals surface area contributed by atoms with Crippen LogP contribution in [0.15, 0.2) is 60.7 Å². The Balaban J connectivity index is 1.97. The normalized spacial score (nSPS) is 16.3. The number of carbonyl (C=O) groups excluding carboxylic acids is 1. The summed E-state index contributed by atoms with van der Waals surface area (Å²) >= 11 is 0. The van der Waals surface area contributed by atoms with Crippen molar-refractivity contribution in [2.24, 2.45) is 5.73 Å². The van der Waals surface area contributed by atoms with Crippen LogP contribution in [0.3, 0.4) is 0 Å². The molecule has 0 aliphatic carbocycles. The largest absolute Gasteiger partial charge is 0.390 e. The Morgan fingerprint density at radius 2 is 1.46 bits per heavy atom. The Morgan fingerprint density at radius 3 is 1.85 bits per heavy atom. The fourth-order valence-electron chi connectivity index (χ4n) is 3.91. The van der Waals surface area contributed by atoms with E-state index in [1.165, 1.54) is 0 Å². The van der Waals surface area contributed by atoms with Crippen LogP contribution in [0.2, 0.25) is 0 Å². The molecule has 138 valence electrons. The highest BCUT2D eigenvalue weighted by atomic mass is 16.3. The Bertz CT molecular complexity index is 698. The molecule has 4 heteroatoms. The molecule has 2 aromatic rings. The Morgan fingerprint density at radius 1 is 1.00 bits per heavy atom. The van der Waals surface area contributed by atoms with Gasteiger partial charge >= 0.3 is 0 Å². The fourth-order valence-corrected chi connectivity index (χ4v) is 3.91. The van der Waals surface area contributed by atoms with Crippen molar-refractivity contribution in [1.82, 2.24) is 4.90 Å². The quantitative estimate of drug-likeness (QED) is 0.805. The lowest BCUT2D eigenvalue weighted by Crippen LogP contribution is -2.60. The molecular formula is C22H28N2O2. The summed E-state index contributed by atoms with van der Waals surface area (Å²) in [6.45, 7) is 5.71. The van der Waals surface area contributed by atoms with Crippen molar-refractivity contribution in [2.75, 3.05) is 13.1 Å². The molecule has 0 aromatic heterocycles. The van der Waals surface area contributed by atoms with Crippen LogP contribution in [0.25, 0.3) is 0 Å². The molecule has 0 saturated carbocycles. The molecule has 1 aliphatic heterocycles. The second kappa shape index (κ2) is 7.22. The molecule has 26 heavy (non-hydrogen) atoms. The van der Waals surface area contributed by atoms with E-state index >= 15 is 0 Å². The third-order valence-corrected chi connectivity index (χ3v) is 5.78. The van der Waals surface area contributed by atoms with Gasteiger partial charge < -0.3 is 10.8 Å². The summed E-state index contributed by atoms with van der Waals surface area (Å²) in [6, 6.07) is 19.6. The molecular weight excluding hydrogens is 324 g/mol. The van der Waals surface area contributed by atoms with E-state index in [2.05, 4.69) is 18.7 Å². The maximum Gasteiger partial charge on any atom is 0.232 e. The zero-order valence-electron chi connectivity index (χ0n) is 15.6. The number of amides is 1. The van der Waals surface area contributed by atoms with Crippen LogP contribution in [-0.4, -0.2) is 40.6 Å². The van der Waals surface area contributed by atoms with Gasteiger partial charge in [-0.15, -0.1) is 0 Å². The maximum absolute atomic E-state index is 12.8. The number of primary amides is 1. The number of rotatable bonds is 7. The number of hydrogen-bond donors (Lipinski definition) is 2. The minimum atomic E-state index is -0.858. The summed E-state index contributed by atoms with van der Waals surface area (Å²) in [5.74, 6) is -0.325. The van der Waals surface area contributed by atoms with Crippen LogP contribution in [0.5, 0.6) is 0 Å². The molecule has 1 fully saturated rings. The molecule has 3 rings (SSSR count). The first-order chi connectivity index (χ1) is 12.4. The van der Waals surface area contributed by atoms with Gasteiger partial charge in [0.1, 0.15) is 0 Å². The molecule has 0 bridgehead atoms. The first kappa shape index (κ1) is 18.6. The highest BCUT2D eigenvalue weighted by molar-refractivity contribution is 5.90. The summed E-state index contributed by atoms with van der Waals surface area (Å²) in [7, 11) is 0. The van der Waals surface area contributed by atoms with Crippen LogP contribution in [-0.2, 0) is 10.2 Å². The summed E-state index contributed by atoms with van der Waals surface area (Å²) in [6.07, 6.45) is 1.18. The number of carbonyl (C=O) groups is 1. The van der Waals surface area contributed by atoms with Gasteiger partial charge in [-0.05, 0) is 37.8 Å². The number of β-amino-alcohol motifs (C(OH)–C–C–N with tert-alkyl or cyclic N) is 1. The number of nitrogens with zero attached hydrogens (tertiary/aromatic N) is 1. The summed E-state index contributed by atoms with van der Waals surface area (Å²) in [5.41, 5.74) is 6.91. The van der Waals surface area contributed by atoms with Crippen molar-refractivity contribution in [3.63, 3.8) is 0 Å². The van der Waals surface area contributed by atoms with Gasteiger partial charge in [0.15, 0.2) is 0 Å². The Labute approximate surface area is 155 Å². The second-order valence-electron chi connectivity index (χ2n) is 7.87. The van der Waals surface area contributed by atoms with Crippen LogP contribution >= 0.6 is 0 Å².